The molecule has 5 heteroatoms. The van der Waals surface area contributed by atoms with Crippen LogP contribution in [0.4, 0.5) is 0 Å². The van der Waals surface area contributed by atoms with Crippen LogP contribution in [0.1, 0.15) is 21.1 Å². The van der Waals surface area contributed by atoms with Crippen LogP contribution in [0.2, 0.25) is 0 Å². The van der Waals surface area contributed by atoms with E-state index in [0.717, 1.165) is 16.5 Å². The van der Waals surface area contributed by atoms with Gasteiger partial charge in [-0.3, -0.25) is 4.79 Å². The fourth-order valence-corrected chi connectivity index (χ4v) is 2.27. The third kappa shape index (κ3) is 3.93. The van der Waals surface area contributed by atoms with Gasteiger partial charge < -0.3 is 10.1 Å². The Labute approximate surface area is 122 Å². The quantitative estimate of drug-likeness (QED) is 0.831. The summed E-state index contributed by atoms with van der Waals surface area (Å²) >= 11 is 1.58. The first-order valence-corrected chi connectivity index (χ1v) is 7.10. The number of hydrogen-bond donors (Lipinski definition) is 1. The molecule has 0 fully saturated rings. The molecular weight excluding hydrogens is 272 g/mol. The molecule has 0 unspecified atom stereocenters. The molecule has 4 nitrogen and oxygen atoms in total. The van der Waals surface area contributed by atoms with E-state index < -0.39 is 0 Å². The van der Waals surface area contributed by atoms with E-state index >= 15 is 0 Å². The highest BCUT2D eigenvalue weighted by Gasteiger charge is 2.05. The first-order chi connectivity index (χ1) is 9.69. The lowest BCUT2D eigenvalue weighted by molar-refractivity contribution is 0.0958. The Morgan fingerprint density at radius 2 is 2.20 bits per heavy atom. The lowest BCUT2D eigenvalue weighted by atomic mass is 10.2. The van der Waals surface area contributed by atoms with Gasteiger partial charge in [0.05, 0.1) is 0 Å². The van der Waals surface area contributed by atoms with Crippen LogP contribution < -0.4 is 10.1 Å². The molecule has 1 aromatic heterocycles. The van der Waals surface area contributed by atoms with Gasteiger partial charge in [0.15, 0.2) is 0 Å². The smallest absolute Gasteiger partial charge is 0.251 e. The molecule has 1 heterocycles. The number of ether oxygens (including phenoxy) is 1. The van der Waals surface area contributed by atoms with E-state index in [2.05, 4.69) is 16.9 Å². The summed E-state index contributed by atoms with van der Waals surface area (Å²) in [4.78, 5) is 16.0. The molecular formula is C15H16N2O2S. The molecule has 0 aliphatic heterocycles. The second kappa shape index (κ2) is 6.86. The molecule has 0 bridgehead atoms. The second-order valence-electron chi connectivity index (χ2n) is 4.19. The lowest BCUT2D eigenvalue weighted by Crippen LogP contribution is -2.22. The van der Waals surface area contributed by atoms with Crippen LogP contribution in [-0.2, 0) is 6.61 Å². The summed E-state index contributed by atoms with van der Waals surface area (Å²) < 4.78 is 5.62. The Hall–Kier alpha value is -2.14. The summed E-state index contributed by atoms with van der Waals surface area (Å²) in [7, 11) is 0. The summed E-state index contributed by atoms with van der Waals surface area (Å²) in [6, 6.07) is 7.04. The molecule has 2 aromatic rings. The SMILES string of the molecule is C=CCNC(=O)c1ccc(OCc2nc(C)cs2)cc1. The maximum Gasteiger partial charge on any atom is 0.251 e. The van der Waals surface area contributed by atoms with Crippen molar-refractivity contribution in [2.24, 2.45) is 0 Å². The minimum atomic E-state index is -0.119. The first-order valence-electron chi connectivity index (χ1n) is 6.22. The van der Waals surface area contributed by atoms with Crippen LogP contribution in [0, 0.1) is 6.92 Å². The molecule has 0 radical (unpaired) electrons. The van der Waals surface area contributed by atoms with E-state index in [1.165, 1.54) is 0 Å². The highest BCUT2D eigenvalue weighted by Crippen LogP contribution is 2.16. The van der Waals surface area contributed by atoms with Gasteiger partial charge in [0.25, 0.3) is 5.91 Å². The van der Waals surface area contributed by atoms with Crippen molar-refractivity contribution >= 4 is 17.2 Å². The molecule has 0 saturated heterocycles. The zero-order valence-electron chi connectivity index (χ0n) is 11.3. The van der Waals surface area contributed by atoms with Crippen LogP contribution >= 0.6 is 11.3 Å². The maximum atomic E-state index is 11.7. The predicted octanol–water partition coefficient (Wildman–Crippen LogP) is 2.95. The third-order valence-corrected chi connectivity index (χ3v) is 3.49. The van der Waals surface area contributed by atoms with Crippen molar-refractivity contribution in [3.8, 4) is 5.75 Å². The molecule has 1 amide bonds. The highest BCUT2D eigenvalue weighted by atomic mass is 32.1. The number of aryl methyl sites for hydroxylation is 1. The van der Waals surface area contributed by atoms with Crippen molar-refractivity contribution in [1.82, 2.24) is 10.3 Å². The van der Waals surface area contributed by atoms with Crippen LogP contribution in [0.25, 0.3) is 0 Å². The number of hydrogen-bond acceptors (Lipinski definition) is 4. The molecule has 0 aliphatic rings. The third-order valence-electron chi connectivity index (χ3n) is 2.55. The summed E-state index contributed by atoms with van der Waals surface area (Å²) in [5.41, 5.74) is 1.60. The summed E-state index contributed by atoms with van der Waals surface area (Å²) in [6.45, 7) is 6.41. The van der Waals surface area contributed by atoms with Gasteiger partial charge in [0.2, 0.25) is 0 Å². The number of carbonyl (C=O) groups excluding carboxylic acids is 1. The lowest BCUT2D eigenvalue weighted by Gasteiger charge is -2.06. The molecule has 1 aromatic carbocycles. The number of nitrogens with one attached hydrogen (secondary N) is 1. The Bertz CT molecular complexity index is 590. The highest BCUT2D eigenvalue weighted by molar-refractivity contribution is 7.09. The number of aromatic nitrogens is 1. The van der Waals surface area contributed by atoms with E-state index in [4.69, 9.17) is 4.74 Å². The average molecular weight is 288 g/mol. The number of nitrogens with zero attached hydrogens (tertiary/aromatic N) is 1. The van der Waals surface area contributed by atoms with Crippen LogP contribution in [-0.4, -0.2) is 17.4 Å². The number of thiazole rings is 1. The number of carbonyl (C=O) groups is 1. The zero-order valence-corrected chi connectivity index (χ0v) is 12.1. The van der Waals surface area contributed by atoms with Crippen LogP contribution in [0.15, 0.2) is 42.3 Å². The summed E-state index contributed by atoms with van der Waals surface area (Å²) in [5, 5.41) is 5.65. The van der Waals surface area contributed by atoms with E-state index in [9.17, 15) is 4.79 Å². The number of amides is 1. The fourth-order valence-electron chi connectivity index (χ4n) is 1.58. The van der Waals surface area contributed by atoms with Gasteiger partial charge in [-0.1, -0.05) is 6.08 Å². The Balaban J connectivity index is 1.91. The monoisotopic (exact) mass is 288 g/mol. The average Bonchev–Trinajstić information content (AvgIpc) is 2.89. The van der Waals surface area contributed by atoms with Gasteiger partial charge in [-0.25, -0.2) is 4.98 Å². The number of benzene rings is 1. The van der Waals surface area contributed by atoms with Gasteiger partial charge in [0, 0.05) is 23.2 Å². The molecule has 104 valence electrons. The minimum absolute atomic E-state index is 0.119. The van der Waals surface area contributed by atoms with Crippen LogP contribution in [0.3, 0.4) is 0 Å². The van der Waals surface area contributed by atoms with E-state index in [1.807, 2.05) is 12.3 Å². The second-order valence-corrected chi connectivity index (χ2v) is 5.14. The molecule has 0 atom stereocenters. The Morgan fingerprint density at radius 1 is 1.45 bits per heavy atom. The van der Waals surface area contributed by atoms with Gasteiger partial charge >= 0.3 is 0 Å². The molecule has 2 rings (SSSR count). The molecule has 20 heavy (non-hydrogen) atoms. The van der Waals surface area contributed by atoms with Gasteiger partial charge in [-0.15, -0.1) is 17.9 Å². The summed E-state index contributed by atoms with van der Waals surface area (Å²) in [6.07, 6.45) is 1.64. The van der Waals surface area contributed by atoms with Gasteiger partial charge in [-0.2, -0.15) is 0 Å². The Kier molecular flexibility index (Phi) is 4.90. The fraction of sp³-hybridized carbons (Fsp3) is 0.200. The number of rotatable bonds is 6. The van der Waals surface area contributed by atoms with Crippen molar-refractivity contribution in [3.63, 3.8) is 0 Å². The Morgan fingerprint density at radius 3 is 2.80 bits per heavy atom. The van der Waals surface area contributed by atoms with Gasteiger partial charge in [0.1, 0.15) is 17.4 Å². The van der Waals surface area contributed by atoms with Crippen LogP contribution in [0.5, 0.6) is 5.75 Å². The molecule has 0 aliphatic carbocycles. The zero-order chi connectivity index (χ0) is 14.4. The van der Waals surface area contributed by atoms with Gasteiger partial charge in [-0.05, 0) is 31.2 Å². The minimum Gasteiger partial charge on any atom is -0.486 e. The van der Waals surface area contributed by atoms with Crippen molar-refractivity contribution in [2.75, 3.05) is 6.54 Å². The molecule has 0 spiro atoms. The van der Waals surface area contributed by atoms with E-state index in [0.29, 0.717) is 18.7 Å². The molecule has 0 saturated carbocycles. The predicted molar refractivity (Wildman–Crippen MR) is 80.2 cm³/mol. The summed E-state index contributed by atoms with van der Waals surface area (Å²) in [5.74, 6) is 0.602. The normalized spacial score (nSPS) is 10.1. The van der Waals surface area contributed by atoms with Crippen molar-refractivity contribution in [3.05, 3.63) is 58.6 Å². The largest absolute Gasteiger partial charge is 0.486 e. The van der Waals surface area contributed by atoms with Crippen molar-refractivity contribution in [2.45, 2.75) is 13.5 Å². The van der Waals surface area contributed by atoms with E-state index in [-0.39, 0.29) is 5.91 Å². The standard InChI is InChI=1S/C15H16N2O2S/c1-3-8-16-15(18)12-4-6-13(7-5-12)19-9-14-17-11(2)10-20-14/h3-7,10H,1,8-9H2,2H3,(H,16,18). The van der Waals surface area contributed by atoms with Crippen molar-refractivity contribution < 1.29 is 9.53 Å². The topological polar surface area (TPSA) is 51.2 Å². The molecule has 1 N–H and O–H groups in total. The van der Waals surface area contributed by atoms with E-state index in [1.54, 1.807) is 41.7 Å². The van der Waals surface area contributed by atoms with Crippen molar-refractivity contribution in [1.29, 1.82) is 0 Å². The first kappa shape index (κ1) is 14.3. The maximum absolute atomic E-state index is 11.7.